The first kappa shape index (κ1) is 10.5. The molecule has 16 heavy (non-hydrogen) atoms. The SMILES string of the molecule is CCn1cccc1C(=O)Nc1[nH]ncc1C. The van der Waals surface area contributed by atoms with Crippen molar-refractivity contribution in [1.82, 2.24) is 14.8 Å². The highest BCUT2D eigenvalue weighted by Crippen LogP contribution is 2.11. The van der Waals surface area contributed by atoms with Gasteiger partial charge in [-0.05, 0) is 26.0 Å². The first-order valence-electron chi connectivity index (χ1n) is 5.19. The predicted octanol–water partition coefficient (Wildman–Crippen LogP) is 1.79. The molecule has 0 atom stereocenters. The number of nitrogens with one attached hydrogen (secondary N) is 2. The summed E-state index contributed by atoms with van der Waals surface area (Å²) in [6.45, 7) is 4.66. The normalized spacial score (nSPS) is 10.4. The van der Waals surface area contributed by atoms with Gasteiger partial charge in [0.1, 0.15) is 11.5 Å². The van der Waals surface area contributed by atoms with E-state index in [1.165, 1.54) is 0 Å². The summed E-state index contributed by atoms with van der Waals surface area (Å²) in [5.74, 6) is 0.521. The van der Waals surface area contributed by atoms with Gasteiger partial charge in [-0.3, -0.25) is 9.89 Å². The second-order valence-corrected chi connectivity index (χ2v) is 3.56. The maximum atomic E-state index is 11.9. The minimum atomic E-state index is -0.126. The summed E-state index contributed by atoms with van der Waals surface area (Å²) >= 11 is 0. The molecule has 0 unspecified atom stereocenters. The molecule has 2 aromatic heterocycles. The van der Waals surface area contributed by atoms with E-state index in [1.54, 1.807) is 12.3 Å². The third-order valence-corrected chi connectivity index (χ3v) is 2.47. The molecule has 0 aliphatic carbocycles. The summed E-state index contributed by atoms with van der Waals surface area (Å²) < 4.78 is 1.89. The van der Waals surface area contributed by atoms with Gasteiger partial charge in [-0.2, -0.15) is 5.10 Å². The maximum Gasteiger partial charge on any atom is 0.273 e. The fraction of sp³-hybridized carbons (Fsp3) is 0.273. The number of hydrogen-bond acceptors (Lipinski definition) is 2. The van der Waals surface area contributed by atoms with E-state index in [9.17, 15) is 4.79 Å². The number of carbonyl (C=O) groups is 1. The Bertz CT molecular complexity index is 498. The Labute approximate surface area is 93.5 Å². The number of amides is 1. The third-order valence-electron chi connectivity index (χ3n) is 2.47. The van der Waals surface area contributed by atoms with E-state index in [0.29, 0.717) is 11.5 Å². The zero-order chi connectivity index (χ0) is 11.5. The van der Waals surface area contributed by atoms with Gasteiger partial charge in [-0.15, -0.1) is 0 Å². The summed E-state index contributed by atoms with van der Waals surface area (Å²) in [7, 11) is 0. The van der Waals surface area contributed by atoms with Crippen molar-refractivity contribution >= 4 is 11.7 Å². The largest absolute Gasteiger partial charge is 0.344 e. The molecule has 2 N–H and O–H groups in total. The van der Waals surface area contributed by atoms with Crippen molar-refractivity contribution in [1.29, 1.82) is 0 Å². The number of hydrogen-bond donors (Lipinski definition) is 2. The highest BCUT2D eigenvalue weighted by atomic mass is 16.2. The Kier molecular flexibility index (Phi) is 2.76. The minimum absolute atomic E-state index is 0.126. The second kappa shape index (κ2) is 4.22. The summed E-state index contributed by atoms with van der Waals surface area (Å²) in [4.78, 5) is 11.9. The molecule has 0 fully saturated rings. The van der Waals surface area contributed by atoms with E-state index < -0.39 is 0 Å². The third kappa shape index (κ3) is 1.84. The molecule has 2 rings (SSSR count). The molecule has 84 valence electrons. The van der Waals surface area contributed by atoms with E-state index in [1.807, 2.05) is 30.7 Å². The highest BCUT2D eigenvalue weighted by Gasteiger charge is 2.11. The summed E-state index contributed by atoms with van der Waals surface area (Å²) in [6, 6.07) is 3.66. The van der Waals surface area contributed by atoms with Crippen molar-refractivity contribution in [2.24, 2.45) is 0 Å². The smallest absolute Gasteiger partial charge is 0.273 e. The first-order chi connectivity index (χ1) is 7.72. The summed E-state index contributed by atoms with van der Waals surface area (Å²) in [5.41, 5.74) is 1.57. The molecule has 5 nitrogen and oxygen atoms in total. The van der Waals surface area contributed by atoms with Crippen LogP contribution in [0.1, 0.15) is 23.0 Å². The van der Waals surface area contributed by atoms with Crippen LogP contribution in [0.5, 0.6) is 0 Å². The van der Waals surface area contributed by atoms with E-state index in [4.69, 9.17) is 0 Å². The average Bonchev–Trinajstić information content (AvgIpc) is 2.87. The molecule has 0 aliphatic rings. The van der Waals surface area contributed by atoms with Crippen LogP contribution in [0.25, 0.3) is 0 Å². The Balaban J connectivity index is 2.18. The van der Waals surface area contributed by atoms with Gasteiger partial charge in [0.15, 0.2) is 0 Å². The molecule has 5 heteroatoms. The van der Waals surface area contributed by atoms with Gasteiger partial charge < -0.3 is 9.88 Å². The molecule has 0 bridgehead atoms. The standard InChI is InChI=1S/C11H14N4O/c1-3-15-6-4-5-9(15)11(16)13-10-8(2)7-12-14-10/h4-7H,3H2,1-2H3,(H2,12,13,14,16). The van der Waals surface area contributed by atoms with Gasteiger partial charge in [0.2, 0.25) is 0 Å². The van der Waals surface area contributed by atoms with Gasteiger partial charge in [-0.25, -0.2) is 0 Å². The van der Waals surface area contributed by atoms with Crippen molar-refractivity contribution in [2.45, 2.75) is 20.4 Å². The van der Waals surface area contributed by atoms with Crippen molar-refractivity contribution in [3.05, 3.63) is 35.8 Å². The molecule has 0 aromatic carbocycles. The molecule has 2 aromatic rings. The molecule has 0 saturated heterocycles. The number of aromatic nitrogens is 3. The van der Waals surface area contributed by atoms with E-state index in [0.717, 1.165) is 12.1 Å². The summed E-state index contributed by atoms with van der Waals surface area (Å²) in [5, 5.41) is 9.39. The lowest BCUT2D eigenvalue weighted by molar-refractivity contribution is 0.101. The van der Waals surface area contributed by atoms with Crippen LogP contribution in [-0.2, 0) is 6.54 Å². The van der Waals surface area contributed by atoms with Crippen LogP contribution < -0.4 is 5.32 Å². The van der Waals surface area contributed by atoms with Crippen LogP contribution in [0.2, 0.25) is 0 Å². The number of anilines is 1. The van der Waals surface area contributed by atoms with Crippen LogP contribution in [0.3, 0.4) is 0 Å². The summed E-state index contributed by atoms with van der Waals surface area (Å²) in [6.07, 6.45) is 3.56. The van der Waals surface area contributed by atoms with Gasteiger partial charge in [-0.1, -0.05) is 0 Å². The fourth-order valence-corrected chi connectivity index (χ4v) is 1.55. The Morgan fingerprint density at radius 2 is 2.44 bits per heavy atom. The predicted molar refractivity (Wildman–Crippen MR) is 61.4 cm³/mol. The molecule has 0 spiro atoms. The molecule has 2 heterocycles. The molecule has 0 saturated carbocycles. The van der Waals surface area contributed by atoms with Crippen molar-refractivity contribution in [3.63, 3.8) is 0 Å². The zero-order valence-electron chi connectivity index (χ0n) is 9.32. The second-order valence-electron chi connectivity index (χ2n) is 3.56. The molecule has 1 amide bonds. The monoisotopic (exact) mass is 218 g/mol. The fourth-order valence-electron chi connectivity index (χ4n) is 1.55. The number of H-pyrrole nitrogens is 1. The maximum absolute atomic E-state index is 11.9. The molecular weight excluding hydrogens is 204 g/mol. The van der Waals surface area contributed by atoms with E-state index >= 15 is 0 Å². The van der Waals surface area contributed by atoms with E-state index in [2.05, 4.69) is 15.5 Å². The minimum Gasteiger partial charge on any atom is -0.344 e. The zero-order valence-corrected chi connectivity index (χ0v) is 9.32. The lowest BCUT2D eigenvalue weighted by atomic mass is 10.3. The molecule has 0 radical (unpaired) electrons. The van der Waals surface area contributed by atoms with E-state index in [-0.39, 0.29) is 5.91 Å². The van der Waals surface area contributed by atoms with Crippen LogP contribution >= 0.6 is 0 Å². The lowest BCUT2D eigenvalue weighted by Crippen LogP contribution is -2.17. The topological polar surface area (TPSA) is 62.7 Å². The highest BCUT2D eigenvalue weighted by molar-refractivity contribution is 6.02. The van der Waals surface area contributed by atoms with Gasteiger partial charge in [0, 0.05) is 18.3 Å². The van der Waals surface area contributed by atoms with Crippen molar-refractivity contribution < 1.29 is 4.79 Å². The number of carbonyl (C=O) groups excluding carboxylic acids is 1. The number of aromatic amines is 1. The Morgan fingerprint density at radius 1 is 1.62 bits per heavy atom. The van der Waals surface area contributed by atoms with Gasteiger partial charge in [0.25, 0.3) is 5.91 Å². The Morgan fingerprint density at radius 3 is 3.06 bits per heavy atom. The quantitative estimate of drug-likeness (QED) is 0.825. The van der Waals surface area contributed by atoms with Crippen LogP contribution in [-0.4, -0.2) is 20.7 Å². The van der Waals surface area contributed by atoms with Crippen LogP contribution in [0.4, 0.5) is 5.82 Å². The molecule has 0 aliphatic heterocycles. The van der Waals surface area contributed by atoms with Crippen LogP contribution in [0.15, 0.2) is 24.5 Å². The first-order valence-corrected chi connectivity index (χ1v) is 5.19. The van der Waals surface area contributed by atoms with Crippen molar-refractivity contribution in [3.8, 4) is 0 Å². The van der Waals surface area contributed by atoms with Gasteiger partial charge >= 0.3 is 0 Å². The van der Waals surface area contributed by atoms with Crippen LogP contribution in [0, 0.1) is 6.92 Å². The molecular formula is C11H14N4O. The Hall–Kier alpha value is -2.04. The average molecular weight is 218 g/mol. The van der Waals surface area contributed by atoms with Gasteiger partial charge in [0.05, 0.1) is 6.20 Å². The van der Waals surface area contributed by atoms with Crippen molar-refractivity contribution in [2.75, 3.05) is 5.32 Å². The number of rotatable bonds is 3. The number of aryl methyl sites for hydroxylation is 2. The lowest BCUT2D eigenvalue weighted by Gasteiger charge is -2.06. The number of nitrogens with zero attached hydrogens (tertiary/aromatic N) is 2.